The summed E-state index contributed by atoms with van der Waals surface area (Å²) in [6, 6.07) is 2.70. The number of nitrogens with zero attached hydrogens (tertiary/aromatic N) is 1. The van der Waals surface area contributed by atoms with Gasteiger partial charge in [0.1, 0.15) is 11.7 Å². The fraction of sp³-hybridized carbons (Fsp3) is 0.300. The van der Waals surface area contributed by atoms with Crippen LogP contribution in [0.1, 0.15) is 5.56 Å². The van der Waals surface area contributed by atoms with Gasteiger partial charge in [-0.25, -0.2) is 4.39 Å². The number of rotatable bonds is 2. The molecule has 0 heterocycles. The molecule has 0 aliphatic rings. The van der Waals surface area contributed by atoms with Gasteiger partial charge in [-0.05, 0) is 24.6 Å². The van der Waals surface area contributed by atoms with Crippen LogP contribution in [0.25, 0.3) is 0 Å². The SMILES string of the molecule is Cc1cc(Cl)c(N(C)C(=O)CCl)cc1F. The minimum atomic E-state index is -0.399. The van der Waals surface area contributed by atoms with Crippen LogP contribution >= 0.6 is 23.2 Å². The minimum Gasteiger partial charge on any atom is -0.313 e. The summed E-state index contributed by atoms with van der Waals surface area (Å²) in [6.45, 7) is 1.61. The highest BCUT2D eigenvalue weighted by molar-refractivity contribution is 6.35. The first-order chi connectivity index (χ1) is 6.97. The number of alkyl halides is 1. The Morgan fingerprint density at radius 3 is 2.67 bits per heavy atom. The first-order valence-corrected chi connectivity index (χ1v) is 5.16. The van der Waals surface area contributed by atoms with E-state index in [-0.39, 0.29) is 11.8 Å². The summed E-state index contributed by atoms with van der Waals surface area (Å²) in [4.78, 5) is 12.5. The van der Waals surface area contributed by atoms with Crippen molar-refractivity contribution >= 4 is 34.8 Å². The molecule has 0 atom stereocenters. The lowest BCUT2D eigenvalue weighted by molar-refractivity contribution is -0.116. The van der Waals surface area contributed by atoms with Gasteiger partial charge < -0.3 is 4.90 Å². The maximum Gasteiger partial charge on any atom is 0.241 e. The fourth-order valence-electron chi connectivity index (χ4n) is 1.12. The summed E-state index contributed by atoms with van der Waals surface area (Å²) in [5, 5.41) is 0.329. The predicted molar refractivity (Wildman–Crippen MR) is 60.3 cm³/mol. The fourth-order valence-corrected chi connectivity index (χ4v) is 1.64. The zero-order chi connectivity index (χ0) is 11.6. The molecule has 0 aliphatic carbocycles. The number of benzene rings is 1. The normalized spacial score (nSPS) is 10.2. The Bertz CT molecular complexity index is 395. The van der Waals surface area contributed by atoms with Crippen LogP contribution in [0.3, 0.4) is 0 Å². The second kappa shape index (κ2) is 4.81. The first-order valence-electron chi connectivity index (χ1n) is 4.25. The molecule has 0 bridgehead atoms. The lowest BCUT2D eigenvalue weighted by Crippen LogP contribution is -2.27. The smallest absolute Gasteiger partial charge is 0.241 e. The second-order valence-electron chi connectivity index (χ2n) is 3.14. The van der Waals surface area contributed by atoms with Crippen molar-refractivity contribution in [2.24, 2.45) is 0 Å². The van der Waals surface area contributed by atoms with E-state index in [1.807, 2.05) is 0 Å². The molecule has 15 heavy (non-hydrogen) atoms. The Kier molecular flexibility index (Phi) is 3.94. The summed E-state index contributed by atoms with van der Waals surface area (Å²) < 4.78 is 13.3. The van der Waals surface area contributed by atoms with E-state index in [9.17, 15) is 9.18 Å². The number of carbonyl (C=O) groups excluding carboxylic acids is 1. The summed E-state index contributed by atoms with van der Waals surface area (Å²) in [7, 11) is 1.50. The lowest BCUT2D eigenvalue weighted by atomic mass is 10.2. The third-order valence-electron chi connectivity index (χ3n) is 2.08. The van der Waals surface area contributed by atoms with Crippen LogP contribution in [0, 0.1) is 12.7 Å². The van der Waals surface area contributed by atoms with Crippen LogP contribution in [0.5, 0.6) is 0 Å². The quantitative estimate of drug-likeness (QED) is 0.739. The number of halogens is 3. The zero-order valence-corrected chi connectivity index (χ0v) is 9.86. The van der Waals surface area contributed by atoms with E-state index in [1.54, 1.807) is 6.92 Å². The van der Waals surface area contributed by atoms with Crippen molar-refractivity contribution in [2.45, 2.75) is 6.92 Å². The first kappa shape index (κ1) is 12.3. The predicted octanol–water partition coefficient (Wildman–Crippen LogP) is 2.99. The highest BCUT2D eigenvalue weighted by atomic mass is 35.5. The Morgan fingerprint density at radius 2 is 2.13 bits per heavy atom. The van der Waals surface area contributed by atoms with Gasteiger partial charge in [0, 0.05) is 7.05 Å². The average Bonchev–Trinajstić information content (AvgIpc) is 2.21. The van der Waals surface area contributed by atoms with Crippen molar-refractivity contribution in [1.82, 2.24) is 0 Å². The molecule has 82 valence electrons. The van der Waals surface area contributed by atoms with Crippen LogP contribution in [0.4, 0.5) is 10.1 Å². The molecule has 0 unspecified atom stereocenters. The second-order valence-corrected chi connectivity index (χ2v) is 3.81. The van der Waals surface area contributed by atoms with E-state index < -0.39 is 5.82 Å². The van der Waals surface area contributed by atoms with Gasteiger partial charge in [0.25, 0.3) is 0 Å². The van der Waals surface area contributed by atoms with E-state index >= 15 is 0 Å². The summed E-state index contributed by atoms with van der Waals surface area (Å²) in [5.74, 6) is -0.895. The van der Waals surface area contributed by atoms with Crippen molar-refractivity contribution in [1.29, 1.82) is 0 Å². The van der Waals surface area contributed by atoms with E-state index in [4.69, 9.17) is 23.2 Å². The van der Waals surface area contributed by atoms with E-state index in [2.05, 4.69) is 0 Å². The molecule has 0 spiro atoms. The monoisotopic (exact) mass is 249 g/mol. The number of amides is 1. The van der Waals surface area contributed by atoms with Crippen molar-refractivity contribution in [2.75, 3.05) is 17.8 Å². The number of aryl methyl sites for hydroxylation is 1. The van der Waals surface area contributed by atoms with Gasteiger partial charge in [-0.15, -0.1) is 11.6 Å². The average molecular weight is 250 g/mol. The molecule has 0 aliphatic heterocycles. The van der Waals surface area contributed by atoms with Crippen LogP contribution in [0.15, 0.2) is 12.1 Å². The molecule has 1 rings (SSSR count). The molecule has 0 saturated carbocycles. The molecular weight excluding hydrogens is 240 g/mol. The van der Waals surface area contributed by atoms with Crippen molar-refractivity contribution in [3.8, 4) is 0 Å². The third-order valence-corrected chi connectivity index (χ3v) is 2.61. The van der Waals surface area contributed by atoms with Gasteiger partial charge in [0.15, 0.2) is 0 Å². The van der Waals surface area contributed by atoms with Crippen LogP contribution in [0.2, 0.25) is 5.02 Å². The molecule has 0 saturated heterocycles. The van der Waals surface area contributed by atoms with Crippen molar-refractivity contribution in [3.63, 3.8) is 0 Å². The molecule has 0 fully saturated rings. The lowest BCUT2D eigenvalue weighted by Gasteiger charge is -2.18. The molecule has 1 amide bonds. The molecule has 5 heteroatoms. The highest BCUT2D eigenvalue weighted by Crippen LogP contribution is 2.28. The highest BCUT2D eigenvalue weighted by Gasteiger charge is 2.14. The van der Waals surface area contributed by atoms with Gasteiger partial charge >= 0.3 is 0 Å². The summed E-state index contributed by atoms with van der Waals surface area (Å²) in [6.07, 6.45) is 0. The Morgan fingerprint density at radius 1 is 1.53 bits per heavy atom. The van der Waals surface area contributed by atoms with Crippen LogP contribution in [-0.2, 0) is 4.79 Å². The standard InChI is InChI=1S/C10H10Cl2FNO/c1-6-3-7(12)9(4-8(6)13)14(2)10(15)5-11/h3-4H,5H2,1-2H3. The molecule has 1 aromatic rings. The molecule has 0 aromatic heterocycles. The Balaban J connectivity index is 3.14. The maximum atomic E-state index is 13.3. The number of carbonyl (C=O) groups is 1. The van der Waals surface area contributed by atoms with Gasteiger partial charge in [-0.3, -0.25) is 4.79 Å². The number of anilines is 1. The largest absolute Gasteiger partial charge is 0.313 e. The van der Waals surface area contributed by atoms with E-state index in [0.717, 1.165) is 0 Å². The Hall–Kier alpha value is -0.800. The maximum absolute atomic E-state index is 13.3. The Labute approximate surface area is 97.6 Å². The minimum absolute atomic E-state index is 0.164. The van der Waals surface area contributed by atoms with Gasteiger partial charge in [0.2, 0.25) is 5.91 Å². The molecular formula is C10H10Cl2FNO. The van der Waals surface area contributed by atoms with Gasteiger partial charge in [0.05, 0.1) is 10.7 Å². The molecule has 0 N–H and O–H groups in total. The van der Waals surface area contributed by atoms with Gasteiger partial charge in [-0.2, -0.15) is 0 Å². The zero-order valence-electron chi connectivity index (χ0n) is 8.35. The van der Waals surface area contributed by atoms with Crippen molar-refractivity contribution in [3.05, 3.63) is 28.5 Å². The van der Waals surface area contributed by atoms with Crippen molar-refractivity contribution < 1.29 is 9.18 Å². The summed E-state index contributed by atoms with van der Waals surface area (Å²) >= 11 is 11.3. The number of hydrogen-bond acceptors (Lipinski definition) is 1. The van der Waals surface area contributed by atoms with Gasteiger partial charge in [-0.1, -0.05) is 11.6 Å². The number of hydrogen-bond donors (Lipinski definition) is 0. The third kappa shape index (κ3) is 2.61. The molecule has 1 aromatic carbocycles. The van der Waals surface area contributed by atoms with E-state index in [1.165, 1.54) is 24.1 Å². The molecule has 2 nitrogen and oxygen atoms in total. The topological polar surface area (TPSA) is 20.3 Å². The molecule has 0 radical (unpaired) electrons. The van der Waals surface area contributed by atoms with Crippen LogP contribution < -0.4 is 4.90 Å². The van der Waals surface area contributed by atoms with Crippen LogP contribution in [-0.4, -0.2) is 18.8 Å². The van der Waals surface area contributed by atoms with E-state index in [0.29, 0.717) is 16.3 Å². The summed E-state index contributed by atoms with van der Waals surface area (Å²) in [5.41, 5.74) is 0.765.